The van der Waals surface area contributed by atoms with Gasteiger partial charge in [0.25, 0.3) is 0 Å². The molecule has 0 radical (unpaired) electrons. The van der Waals surface area contributed by atoms with Crippen LogP contribution in [0.3, 0.4) is 0 Å². The predicted molar refractivity (Wildman–Crippen MR) is 114 cm³/mol. The predicted octanol–water partition coefficient (Wildman–Crippen LogP) is 3.91. The average molecular weight is 423 g/mol. The van der Waals surface area contributed by atoms with Crippen molar-refractivity contribution in [2.75, 3.05) is 7.05 Å². The summed E-state index contributed by atoms with van der Waals surface area (Å²) in [5, 5.41) is 11.0. The summed E-state index contributed by atoms with van der Waals surface area (Å²) in [6.07, 6.45) is 1.62. The van der Waals surface area contributed by atoms with Crippen LogP contribution in [0.1, 0.15) is 11.6 Å². The van der Waals surface area contributed by atoms with Crippen LogP contribution in [0.15, 0.2) is 74.8 Å². The lowest BCUT2D eigenvalue weighted by molar-refractivity contribution is 0.375. The lowest BCUT2D eigenvalue weighted by atomic mass is 10.2. The Morgan fingerprint density at radius 3 is 2.50 bits per heavy atom. The molecule has 0 aliphatic heterocycles. The van der Waals surface area contributed by atoms with Crippen LogP contribution < -0.4 is 10.6 Å². The van der Waals surface area contributed by atoms with Crippen LogP contribution in [-0.2, 0) is 13.1 Å². The molecule has 0 aliphatic carbocycles. The summed E-state index contributed by atoms with van der Waals surface area (Å²) in [7, 11) is 1.68. The fraction of sp³-hybridized carbons (Fsp3) is 0.143. The third kappa shape index (κ3) is 4.84. The monoisotopic (exact) mass is 422 g/mol. The zero-order chi connectivity index (χ0) is 20.8. The maximum atomic E-state index is 5.91. The second kappa shape index (κ2) is 9.23. The Morgan fingerprint density at radius 1 is 0.967 bits per heavy atom. The molecule has 0 fully saturated rings. The van der Waals surface area contributed by atoms with Crippen molar-refractivity contribution in [3.05, 3.63) is 77.5 Å². The van der Waals surface area contributed by atoms with E-state index in [1.165, 1.54) is 0 Å². The first kappa shape index (κ1) is 19.7. The zero-order valence-electron chi connectivity index (χ0n) is 16.2. The molecule has 0 aliphatic rings. The van der Waals surface area contributed by atoms with E-state index in [1.807, 2.05) is 42.5 Å². The Hall–Kier alpha value is -3.65. The summed E-state index contributed by atoms with van der Waals surface area (Å²) in [5.41, 5.74) is 2.52. The number of nitrogens with one attached hydrogen (secondary N) is 2. The maximum absolute atomic E-state index is 5.91. The number of aliphatic imine (C=N–C) groups is 1. The van der Waals surface area contributed by atoms with E-state index >= 15 is 0 Å². The van der Waals surface area contributed by atoms with E-state index in [1.54, 1.807) is 25.4 Å². The number of nitrogens with zero attached hydrogens (tertiary/aromatic N) is 4. The number of hydrogen-bond acceptors (Lipinski definition) is 6. The highest BCUT2D eigenvalue weighted by Crippen LogP contribution is 2.19. The van der Waals surface area contributed by atoms with Crippen LogP contribution >= 0.6 is 11.6 Å². The zero-order valence-corrected chi connectivity index (χ0v) is 16.9. The second-order valence-electron chi connectivity index (χ2n) is 6.31. The van der Waals surface area contributed by atoms with Gasteiger partial charge in [0.2, 0.25) is 17.6 Å². The fourth-order valence-electron chi connectivity index (χ4n) is 2.70. The molecule has 0 atom stereocenters. The van der Waals surface area contributed by atoms with Gasteiger partial charge < -0.3 is 19.6 Å². The van der Waals surface area contributed by atoms with Crippen LogP contribution in [0.25, 0.3) is 22.8 Å². The Labute approximate surface area is 178 Å². The van der Waals surface area contributed by atoms with Gasteiger partial charge >= 0.3 is 0 Å². The number of halogens is 1. The second-order valence-corrected chi connectivity index (χ2v) is 6.74. The summed E-state index contributed by atoms with van der Waals surface area (Å²) in [5.74, 6) is 2.10. The molecule has 30 heavy (non-hydrogen) atoms. The van der Waals surface area contributed by atoms with Gasteiger partial charge in [-0.25, -0.2) is 4.98 Å². The normalized spacial score (nSPS) is 11.5. The first-order valence-corrected chi connectivity index (χ1v) is 9.62. The fourth-order valence-corrected chi connectivity index (χ4v) is 2.82. The van der Waals surface area contributed by atoms with E-state index in [0.29, 0.717) is 41.7 Å². The molecule has 152 valence electrons. The van der Waals surface area contributed by atoms with Gasteiger partial charge in [-0.1, -0.05) is 35.0 Å². The highest BCUT2D eigenvalue weighted by atomic mass is 35.5. The molecule has 0 bridgehead atoms. The van der Waals surface area contributed by atoms with Crippen molar-refractivity contribution in [2.45, 2.75) is 13.1 Å². The molecular weight excluding hydrogens is 404 g/mol. The number of oxazole rings is 1. The molecule has 4 aromatic rings. The van der Waals surface area contributed by atoms with Gasteiger partial charge in [0.15, 0.2) is 5.96 Å². The Balaban J connectivity index is 1.31. The van der Waals surface area contributed by atoms with Crippen molar-refractivity contribution in [2.24, 2.45) is 4.99 Å². The molecule has 2 N–H and O–H groups in total. The van der Waals surface area contributed by atoms with Crippen molar-refractivity contribution in [3.8, 4) is 22.8 Å². The standard InChI is InChI=1S/C21H19ClN6O2/c1-23-21(24-11-17-13-29-20(26-17)15-5-3-2-4-6-15)25-12-18-27-19(28-30-18)14-7-9-16(22)10-8-14/h2-10,13H,11-12H2,1H3,(H2,23,24,25). The van der Waals surface area contributed by atoms with Gasteiger partial charge in [0.1, 0.15) is 6.26 Å². The molecule has 8 nitrogen and oxygen atoms in total. The third-order valence-electron chi connectivity index (χ3n) is 4.21. The topological polar surface area (TPSA) is 101 Å². The Kier molecular flexibility index (Phi) is 6.05. The molecule has 2 aromatic carbocycles. The van der Waals surface area contributed by atoms with Gasteiger partial charge in [-0.15, -0.1) is 0 Å². The SMILES string of the molecule is CN=C(NCc1coc(-c2ccccc2)n1)NCc1nc(-c2ccc(Cl)cc2)no1. The van der Waals surface area contributed by atoms with E-state index < -0.39 is 0 Å². The van der Waals surface area contributed by atoms with E-state index in [9.17, 15) is 0 Å². The van der Waals surface area contributed by atoms with Crippen molar-refractivity contribution in [1.29, 1.82) is 0 Å². The van der Waals surface area contributed by atoms with Crippen LogP contribution in [0.4, 0.5) is 0 Å². The molecule has 0 saturated heterocycles. The summed E-state index contributed by atoms with van der Waals surface area (Å²) in [4.78, 5) is 13.1. The van der Waals surface area contributed by atoms with Crippen molar-refractivity contribution < 1.29 is 8.94 Å². The van der Waals surface area contributed by atoms with Gasteiger partial charge in [-0.3, -0.25) is 4.99 Å². The third-order valence-corrected chi connectivity index (χ3v) is 4.46. The first-order chi connectivity index (χ1) is 14.7. The summed E-state index contributed by atoms with van der Waals surface area (Å²) in [6, 6.07) is 17.0. The molecule has 0 amide bonds. The van der Waals surface area contributed by atoms with Gasteiger partial charge in [-0.05, 0) is 36.4 Å². The van der Waals surface area contributed by atoms with E-state index in [2.05, 4.69) is 30.8 Å². The average Bonchev–Trinajstić information content (AvgIpc) is 3.45. The molecule has 0 spiro atoms. The van der Waals surface area contributed by atoms with E-state index in [-0.39, 0.29) is 0 Å². The minimum Gasteiger partial charge on any atom is -0.444 e. The van der Waals surface area contributed by atoms with E-state index in [0.717, 1.165) is 16.8 Å². The van der Waals surface area contributed by atoms with Crippen molar-refractivity contribution >= 4 is 17.6 Å². The van der Waals surface area contributed by atoms with Crippen molar-refractivity contribution in [3.63, 3.8) is 0 Å². The molecule has 0 unspecified atom stereocenters. The van der Waals surface area contributed by atoms with Gasteiger partial charge in [0.05, 0.1) is 18.8 Å². The lowest BCUT2D eigenvalue weighted by Crippen LogP contribution is -2.36. The number of guanidine groups is 1. The lowest BCUT2D eigenvalue weighted by Gasteiger charge is -2.08. The summed E-state index contributed by atoms with van der Waals surface area (Å²) in [6.45, 7) is 0.782. The largest absolute Gasteiger partial charge is 0.444 e. The van der Waals surface area contributed by atoms with E-state index in [4.69, 9.17) is 20.5 Å². The number of rotatable bonds is 6. The first-order valence-electron chi connectivity index (χ1n) is 9.24. The molecule has 0 saturated carbocycles. The van der Waals surface area contributed by atoms with Gasteiger partial charge in [0, 0.05) is 23.2 Å². The molecule has 9 heteroatoms. The molecule has 2 aromatic heterocycles. The number of hydrogen-bond donors (Lipinski definition) is 2. The van der Waals surface area contributed by atoms with Crippen LogP contribution in [-0.4, -0.2) is 28.1 Å². The summed E-state index contributed by atoms with van der Waals surface area (Å²) < 4.78 is 10.8. The molecule has 2 heterocycles. The van der Waals surface area contributed by atoms with Crippen molar-refractivity contribution in [1.82, 2.24) is 25.8 Å². The Bertz CT molecular complexity index is 1120. The quantitative estimate of drug-likeness (QED) is 0.358. The highest BCUT2D eigenvalue weighted by molar-refractivity contribution is 6.30. The molecular formula is C21H19ClN6O2. The van der Waals surface area contributed by atoms with Crippen LogP contribution in [0, 0.1) is 0 Å². The molecule has 4 rings (SSSR count). The number of benzene rings is 2. The smallest absolute Gasteiger partial charge is 0.246 e. The minimum atomic E-state index is 0.328. The van der Waals surface area contributed by atoms with Crippen LogP contribution in [0.2, 0.25) is 5.02 Å². The highest BCUT2D eigenvalue weighted by Gasteiger charge is 2.10. The van der Waals surface area contributed by atoms with Crippen LogP contribution in [0.5, 0.6) is 0 Å². The van der Waals surface area contributed by atoms with Gasteiger partial charge in [-0.2, -0.15) is 4.98 Å². The minimum absolute atomic E-state index is 0.328. The summed E-state index contributed by atoms with van der Waals surface area (Å²) >= 11 is 5.91. The Morgan fingerprint density at radius 2 is 1.73 bits per heavy atom. The number of aromatic nitrogens is 3. The maximum Gasteiger partial charge on any atom is 0.246 e.